The first-order valence-electron chi connectivity index (χ1n) is 7.74. The van der Waals surface area contributed by atoms with E-state index in [0.717, 1.165) is 23.4 Å². The average molecular weight is 346 g/mol. The van der Waals surface area contributed by atoms with E-state index in [0.29, 0.717) is 21.9 Å². The summed E-state index contributed by atoms with van der Waals surface area (Å²) in [5.41, 5.74) is 3.34. The van der Waals surface area contributed by atoms with Gasteiger partial charge in [-0.1, -0.05) is 59.6 Å². The maximum Gasteiger partial charge on any atom is 0.124 e. The van der Waals surface area contributed by atoms with Crippen LogP contribution in [0.5, 0.6) is 5.75 Å². The van der Waals surface area contributed by atoms with E-state index in [-0.39, 0.29) is 6.04 Å². The molecule has 0 amide bonds. The molecule has 2 aliphatic rings. The number of halogens is 2. The summed E-state index contributed by atoms with van der Waals surface area (Å²) in [5.74, 6) is 1.71. The van der Waals surface area contributed by atoms with Crippen molar-refractivity contribution in [3.05, 3.63) is 69.7 Å². The number of ether oxygens (including phenoxy) is 1. The molecule has 2 aromatic carbocycles. The summed E-state index contributed by atoms with van der Waals surface area (Å²) in [7, 11) is 1.71. The third-order valence-electron chi connectivity index (χ3n) is 4.90. The zero-order valence-corrected chi connectivity index (χ0v) is 14.2. The summed E-state index contributed by atoms with van der Waals surface area (Å²) in [5, 5.41) is 4.81. The standard InChI is InChI=1S/C19H17Cl2NO/c1-23-16-8-3-2-5-14(16)18-12-7-4-6-11(12)13-9-10-15(20)17(21)19(13)22-18/h2-6,8-12,18,22H,7H2,1H3. The van der Waals surface area contributed by atoms with Crippen LogP contribution in [0.15, 0.2) is 48.6 Å². The van der Waals surface area contributed by atoms with Gasteiger partial charge < -0.3 is 10.1 Å². The number of methoxy groups -OCH3 is 1. The van der Waals surface area contributed by atoms with Crippen molar-refractivity contribution in [2.45, 2.75) is 18.4 Å². The SMILES string of the molecule is COc1ccccc1C1Nc2c(ccc(Cl)c2Cl)C2C=CCC21. The van der Waals surface area contributed by atoms with Crippen molar-refractivity contribution in [1.29, 1.82) is 0 Å². The van der Waals surface area contributed by atoms with Crippen LogP contribution in [0.25, 0.3) is 0 Å². The van der Waals surface area contributed by atoms with Gasteiger partial charge >= 0.3 is 0 Å². The molecule has 3 unspecified atom stereocenters. The smallest absolute Gasteiger partial charge is 0.124 e. The highest BCUT2D eigenvalue weighted by Crippen LogP contribution is 2.53. The molecule has 0 saturated carbocycles. The van der Waals surface area contributed by atoms with Crippen molar-refractivity contribution in [2.75, 3.05) is 12.4 Å². The van der Waals surface area contributed by atoms with Crippen molar-refractivity contribution in [3.8, 4) is 5.75 Å². The number of anilines is 1. The zero-order valence-electron chi connectivity index (χ0n) is 12.7. The van der Waals surface area contributed by atoms with Gasteiger partial charge in [0.25, 0.3) is 0 Å². The van der Waals surface area contributed by atoms with E-state index in [1.54, 1.807) is 7.11 Å². The lowest BCUT2D eigenvalue weighted by Gasteiger charge is -2.38. The highest BCUT2D eigenvalue weighted by molar-refractivity contribution is 6.43. The number of para-hydroxylation sites is 1. The number of nitrogens with one attached hydrogen (secondary N) is 1. The fraction of sp³-hybridized carbons (Fsp3) is 0.263. The highest BCUT2D eigenvalue weighted by atomic mass is 35.5. The normalized spacial score (nSPS) is 24.7. The summed E-state index contributed by atoms with van der Waals surface area (Å²) in [6.07, 6.45) is 5.59. The van der Waals surface area contributed by atoms with Gasteiger partial charge in [-0.2, -0.15) is 0 Å². The van der Waals surface area contributed by atoms with E-state index in [2.05, 4.69) is 29.6 Å². The first-order chi connectivity index (χ1) is 11.2. The van der Waals surface area contributed by atoms with Crippen LogP contribution >= 0.6 is 23.2 Å². The van der Waals surface area contributed by atoms with E-state index in [1.165, 1.54) is 5.56 Å². The predicted molar refractivity (Wildman–Crippen MR) is 95.8 cm³/mol. The Bertz CT molecular complexity index is 787. The molecule has 0 radical (unpaired) electrons. The molecule has 1 N–H and O–H groups in total. The van der Waals surface area contributed by atoms with Gasteiger partial charge in [0.05, 0.1) is 28.9 Å². The quantitative estimate of drug-likeness (QED) is 0.691. The van der Waals surface area contributed by atoms with Crippen LogP contribution in [-0.2, 0) is 0 Å². The number of benzene rings is 2. The van der Waals surface area contributed by atoms with Crippen molar-refractivity contribution in [3.63, 3.8) is 0 Å². The molecular formula is C19H17Cl2NO. The van der Waals surface area contributed by atoms with Crippen LogP contribution in [0, 0.1) is 5.92 Å². The van der Waals surface area contributed by atoms with Gasteiger partial charge in [0.2, 0.25) is 0 Å². The first-order valence-corrected chi connectivity index (χ1v) is 8.50. The van der Waals surface area contributed by atoms with Gasteiger partial charge in [0.1, 0.15) is 5.75 Å². The van der Waals surface area contributed by atoms with Gasteiger partial charge in [-0.05, 0) is 30.0 Å². The lowest BCUT2D eigenvalue weighted by Crippen LogP contribution is -2.29. The summed E-state index contributed by atoms with van der Waals surface area (Å²) < 4.78 is 5.57. The van der Waals surface area contributed by atoms with Gasteiger partial charge in [-0.15, -0.1) is 0 Å². The average Bonchev–Trinajstić information content (AvgIpc) is 3.07. The van der Waals surface area contributed by atoms with E-state index in [9.17, 15) is 0 Å². The molecule has 1 aliphatic carbocycles. The lowest BCUT2D eigenvalue weighted by molar-refractivity contribution is 0.381. The van der Waals surface area contributed by atoms with E-state index >= 15 is 0 Å². The minimum absolute atomic E-state index is 0.148. The van der Waals surface area contributed by atoms with Gasteiger partial charge in [0.15, 0.2) is 0 Å². The molecule has 4 heteroatoms. The maximum atomic E-state index is 6.48. The molecule has 2 aromatic rings. The van der Waals surface area contributed by atoms with Crippen LogP contribution < -0.4 is 10.1 Å². The number of hydrogen-bond donors (Lipinski definition) is 1. The lowest BCUT2D eigenvalue weighted by atomic mass is 9.77. The third-order valence-corrected chi connectivity index (χ3v) is 5.71. The Morgan fingerprint density at radius 1 is 1.09 bits per heavy atom. The molecule has 0 saturated heterocycles. The molecule has 1 aliphatic heterocycles. The molecule has 0 fully saturated rings. The second kappa shape index (κ2) is 5.77. The van der Waals surface area contributed by atoms with E-state index < -0.39 is 0 Å². The Morgan fingerprint density at radius 3 is 2.74 bits per heavy atom. The Hall–Kier alpha value is -1.64. The molecule has 0 spiro atoms. The highest BCUT2D eigenvalue weighted by Gasteiger charge is 2.39. The second-order valence-electron chi connectivity index (χ2n) is 6.04. The van der Waals surface area contributed by atoms with Crippen molar-refractivity contribution in [1.82, 2.24) is 0 Å². The number of allylic oxidation sites excluding steroid dienone is 2. The molecule has 1 heterocycles. The molecular weight excluding hydrogens is 329 g/mol. The fourth-order valence-electron chi connectivity index (χ4n) is 3.83. The van der Waals surface area contributed by atoms with Crippen molar-refractivity contribution >= 4 is 28.9 Å². The van der Waals surface area contributed by atoms with Crippen molar-refractivity contribution < 1.29 is 4.74 Å². The topological polar surface area (TPSA) is 21.3 Å². The minimum atomic E-state index is 0.148. The van der Waals surface area contributed by atoms with E-state index in [1.807, 2.05) is 24.3 Å². The largest absolute Gasteiger partial charge is 0.496 e. The Morgan fingerprint density at radius 2 is 1.91 bits per heavy atom. The zero-order chi connectivity index (χ0) is 16.0. The second-order valence-corrected chi connectivity index (χ2v) is 6.83. The predicted octanol–water partition coefficient (Wildman–Crippen LogP) is 5.83. The molecule has 0 aromatic heterocycles. The summed E-state index contributed by atoms with van der Waals surface area (Å²) in [6, 6.07) is 12.3. The van der Waals surface area contributed by atoms with Crippen LogP contribution in [0.2, 0.25) is 10.0 Å². The van der Waals surface area contributed by atoms with Gasteiger partial charge in [0, 0.05) is 11.5 Å². The Kier molecular flexibility index (Phi) is 3.74. The third kappa shape index (κ3) is 2.32. The van der Waals surface area contributed by atoms with Crippen LogP contribution in [0.1, 0.15) is 29.5 Å². The number of fused-ring (bicyclic) bond motifs is 3. The maximum absolute atomic E-state index is 6.48. The Labute approximate surface area is 146 Å². The van der Waals surface area contributed by atoms with Gasteiger partial charge in [-0.25, -0.2) is 0 Å². The molecule has 23 heavy (non-hydrogen) atoms. The number of rotatable bonds is 2. The van der Waals surface area contributed by atoms with Gasteiger partial charge in [-0.3, -0.25) is 0 Å². The summed E-state index contributed by atoms with van der Waals surface area (Å²) >= 11 is 12.7. The van der Waals surface area contributed by atoms with Crippen LogP contribution in [0.3, 0.4) is 0 Å². The molecule has 118 valence electrons. The summed E-state index contributed by atoms with van der Waals surface area (Å²) in [6.45, 7) is 0. The first kappa shape index (κ1) is 14.9. The van der Waals surface area contributed by atoms with E-state index in [4.69, 9.17) is 27.9 Å². The summed E-state index contributed by atoms with van der Waals surface area (Å²) in [4.78, 5) is 0. The van der Waals surface area contributed by atoms with Crippen LogP contribution in [0.4, 0.5) is 5.69 Å². The Balaban J connectivity index is 1.85. The fourth-order valence-corrected chi connectivity index (χ4v) is 4.22. The molecule has 4 rings (SSSR count). The molecule has 0 bridgehead atoms. The molecule has 2 nitrogen and oxygen atoms in total. The minimum Gasteiger partial charge on any atom is -0.496 e. The van der Waals surface area contributed by atoms with Crippen LogP contribution in [-0.4, -0.2) is 7.11 Å². The monoisotopic (exact) mass is 345 g/mol. The number of hydrogen-bond acceptors (Lipinski definition) is 2. The molecule has 3 atom stereocenters. The van der Waals surface area contributed by atoms with Crippen molar-refractivity contribution in [2.24, 2.45) is 5.92 Å².